The Labute approximate surface area is 165 Å². The zero-order valence-corrected chi connectivity index (χ0v) is 17.2. The lowest BCUT2D eigenvalue weighted by atomic mass is 9.84. The van der Waals surface area contributed by atoms with Crippen molar-refractivity contribution >= 4 is 31.9 Å². The molecule has 25 heavy (non-hydrogen) atoms. The number of benzene rings is 3. The van der Waals surface area contributed by atoms with Crippen LogP contribution in [0.15, 0.2) is 75.7 Å². The van der Waals surface area contributed by atoms with Crippen LogP contribution in [-0.2, 0) is 0 Å². The summed E-state index contributed by atoms with van der Waals surface area (Å²) in [7, 11) is 3.40. The van der Waals surface area contributed by atoms with E-state index in [4.69, 9.17) is 9.47 Å². The Morgan fingerprint density at radius 3 is 1.60 bits per heavy atom. The van der Waals surface area contributed by atoms with Crippen molar-refractivity contribution in [2.24, 2.45) is 0 Å². The van der Waals surface area contributed by atoms with Gasteiger partial charge in [-0.1, -0.05) is 62.2 Å². The van der Waals surface area contributed by atoms with Crippen molar-refractivity contribution < 1.29 is 9.47 Å². The average molecular weight is 462 g/mol. The number of hydrogen-bond donors (Lipinski definition) is 0. The summed E-state index contributed by atoms with van der Waals surface area (Å²) in [6, 6.07) is 22.6. The van der Waals surface area contributed by atoms with E-state index in [0.717, 1.165) is 31.6 Å². The second-order valence-corrected chi connectivity index (χ2v) is 7.45. The van der Waals surface area contributed by atoms with E-state index in [-0.39, 0.29) is 5.92 Å². The molecule has 3 aromatic carbocycles. The molecule has 4 heteroatoms. The number of hydrogen-bond acceptors (Lipinski definition) is 2. The first-order valence-corrected chi connectivity index (χ1v) is 9.44. The maximum Gasteiger partial charge on any atom is 0.123 e. The summed E-state index contributed by atoms with van der Waals surface area (Å²) in [6.07, 6.45) is 0. The van der Waals surface area contributed by atoms with E-state index >= 15 is 0 Å². The second-order valence-electron chi connectivity index (χ2n) is 5.62. The molecule has 0 N–H and O–H groups in total. The molecule has 0 atom stereocenters. The largest absolute Gasteiger partial charge is 0.496 e. The summed E-state index contributed by atoms with van der Waals surface area (Å²) >= 11 is 7.19. The highest BCUT2D eigenvalue weighted by atomic mass is 79.9. The Morgan fingerprint density at radius 1 is 0.680 bits per heavy atom. The van der Waals surface area contributed by atoms with Crippen LogP contribution in [0.25, 0.3) is 0 Å². The van der Waals surface area contributed by atoms with E-state index in [2.05, 4.69) is 68.3 Å². The van der Waals surface area contributed by atoms with Crippen molar-refractivity contribution in [2.75, 3.05) is 14.2 Å². The third-order valence-electron chi connectivity index (χ3n) is 4.14. The van der Waals surface area contributed by atoms with Gasteiger partial charge in [0.15, 0.2) is 0 Å². The normalized spacial score (nSPS) is 10.8. The molecule has 2 nitrogen and oxygen atoms in total. The zero-order chi connectivity index (χ0) is 17.8. The van der Waals surface area contributed by atoms with E-state index in [0.29, 0.717) is 0 Å². The highest BCUT2D eigenvalue weighted by Crippen LogP contribution is 2.42. The van der Waals surface area contributed by atoms with Crippen LogP contribution in [-0.4, -0.2) is 14.2 Å². The fourth-order valence-electron chi connectivity index (χ4n) is 3.03. The fourth-order valence-corrected chi connectivity index (χ4v) is 3.79. The molecule has 128 valence electrons. The molecule has 0 radical (unpaired) electrons. The van der Waals surface area contributed by atoms with Crippen LogP contribution in [0.1, 0.15) is 22.6 Å². The van der Waals surface area contributed by atoms with Crippen LogP contribution >= 0.6 is 31.9 Å². The Bertz CT molecular complexity index is 810. The van der Waals surface area contributed by atoms with Crippen molar-refractivity contribution in [1.82, 2.24) is 0 Å². The number of rotatable bonds is 5. The minimum Gasteiger partial charge on any atom is -0.496 e. The minimum absolute atomic E-state index is 0.0129. The Hall–Kier alpha value is -1.78. The van der Waals surface area contributed by atoms with Crippen molar-refractivity contribution in [2.45, 2.75) is 5.92 Å². The minimum atomic E-state index is -0.0129. The molecular formula is C21H18Br2O2. The molecule has 0 spiro atoms. The maximum absolute atomic E-state index is 5.65. The molecule has 0 fully saturated rings. The van der Waals surface area contributed by atoms with E-state index in [1.165, 1.54) is 5.56 Å². The first kappa shape index (κ1) is 18.0. The zero-order valence-electron chi connectivity index (χ0n) is 14.0. The molecule has 0 unspecified atom stereocenters. The van der Waals surface area contributed by atoms with Gasteiger partial charge in [0.25, 0.3) is 0 Å². The van der Waals surface area contributed by atoms with Gasteiger partial charge < -0.3 is 9.47 Å². The molecule has 0 heterocycles. The van der Waals surface area contributed by atoms with Gasteiger partial charge in [0.2, 0.25) is 0 Å². The van der Waals surface area contributed by atoms with Crippen molar-refractivity contribution in [1.29, 1.82) is 0 Å². The summed E-state index contributed by atoms with van der Waals surface area (Å²) in [6.45, 7) is 0. The monoisotopic (exact) mass is 460 g/mol. The van der Waals surface area contributed by atoms with E-state index in [9.17, 15) is 0 Å². The summed E-state index contributed by atoms with van der Waals surface area (Å²) in [4.78, 5) is 0. The number of halogens is 2. The fraction of sp³-hybridized carbons (Fsp3) is 0.143. The number of ether oxygens (including phenoxy) is 2. The van der Waals surface area contributed by atoms with Crippen LogP contribution in [0.3, 0.4) is 0 Å². The quantitative estimate of drug-likeness (QED) is 0.408. The third-order valence-corrected chi connectivity index (χ3v) is 5.12. The van der Waals surface area contributed by atoms with Crippen molar-refractivity contribution in [3.05, 3.63) is 92.4 Å². The van der Waals surface area contributed by atoms with E-state index in [1.807, 2.05) is 30.3 Å². The standard InChI is InChI=1S/C21H18Br2O2/c1-24-19-10-8-15(22)12-17(19)21(14-6-4-3-5-7-14)18-13-16(23)9-11-20(18)25-2/h3-13,21H,1-2H3. The number of methoxy groups -OCH3 is 2. The smallest absolute Gasteiger partial charge is 0.123 e. The first-order valence-electron chi connectivity index (χ1n) is 7.86. The highest BCUT2D eigenvalue weighted by Gasteiger charge is 2.24. The Balaban J connectivity index is 2.29. The predicted molar refractivity (Wildman–Crippen MR) is 109 cm³/mol. The molecule has 0 bridgehead atoms. The maximum atomic E-state index is 5.65. The molecule has 3 rings (SSSR count). The third kappa shape index (κ3) is 3.91. The topological polar surface area (TPSA) is 18.5 Å². The molecule has 0 aliphatic rings. The summed E-state index contributed by atoms with van der Waals surface area (Å²) in [5.74, 6) is 1.68. The summed E-state index contributed by atoms with van der Waals surface area (Å²) in [5, 5.41) is 0. The molecule has 0 aliphatic heterocycles. The van der Waals surface area contributed by atoms with Crippen LogP contribution in [0.4, 0.5) is 0 Å². The van der Waals surface area contributed by atoms with E-state index < -0.39 is 0 Å². The first-order chi connectivity index (χ1) is 12.1. The average Bonchev–Trinajstić information content (AvgIpc) is 2.63. The Kier molecular flexibility index (Phi) is 5.82. The van der Waals surface area contributed by atoms with Crippen LogP contribution in [0.2, 0.25) is 0 Å². The van der Waals surface area contributed by atoms with Crippen LogP contribution < -0.4 is 9.47 Å². The van der Waals surface area contributed by atoms with Gasteiger partial charge in [0, 0.05) is 26.0 Å². The van der Waals surface area contributed by atoms with E-state index in [1.54, 1.807) is 14.2 Å². The summed E-state index contributed by atoms with van der Waals surface area (Å²) in [5.41, 5.74) is 3.34. The SMILES string of the molecule is COc1ccc(Br)cc1C(c1ccccc1)c1cc(Br)ccc1OC. The second kappa shape index (κ2) is 8.07. The summed E-state index contributed by atoms with van der Waals surface area (Å²) < 4.78 is 13.3. The molecular weight excluding hydrogens is 444 g/mol. The van der Waals surface area contributed by atoms with Gasteiger partial charge >= 0.3 is 0 Å². The molecule has 3 aromatic rings. The lowest BCUT2D eigenvalue weighted by molar-refractivity contribution is 0.402. The molecule has 0 aromatic heterocycles. The van der Waals surface area contributed by atoms with Gasteiger partial charge in [0.05, 0.1) is 14.2 Å². The van der Waals surface area contributed by atoms with Gasteiger partial charge in [-0.2, -0.15) is 0 Å². The predicted octanol–water partition coefficient (Wildman–Crippen LogP) is 6.41. The van der Waals surface area contributed by atoms with Crippen LogP contribution in [0.5, 0.6) is 11.5 Å². The van der Waals surface area contributed by atoms with Crippen LogP contribution in [0, 0.1) is 0 Å². The van der Waals surface area contributed by atoms with Gasteiger partial charge in [-0.05, 0) is 42.0 Å². The molecule has 0 amide bonds. The molecule has 0 saturated carbocycles. The lowest BCUT2D eigenvalue weighted by Gasteiger charge is -2.23. The van der Waals surface area contributed by atoms with Gasteiger partial charge in [-0.15, -0.1) is 0 Å². The highest BCUT2D eigenvalue weighted by molar-refractivity contribution is 9.10. The van der Waals surface area contributed by atoms with Gasteiger partial charge in [-0.25, -0.2) is 0 Å². The van der Waals surface area contributed by atoms with Crippen molar-refractivity contribution in [3.8, 4) is 11.5 Å². The molecule has 0 aliphatic carbocycles. The Morgan fingerprint density at radius 2 is 1.16 bits per heavy atom. The lowest BCUT2D eigenvalue weighted by Crippen LogP contribution is -2.07. The van der Waals surface area contributed by atoms with Gasteiger partial charge in [-0.3, -0.25) is 0 Å². The van der Waals surface area contributed by atoms with Crippen molar-refractivity contribution in [3.63, 3.8) is 0 Å². The molecule has 0 saturated heterocycles. The van der Waals surface area contributed by atoms with Gasteiger partial charge in [0.1, 0.15) is 11.5 Å².